The van der Waals surface area contributed by atoms with Gasteiger partial charge >= 0.3 is 0 Å². The molecule has 0 radical (unpaired) electrons. The Labute approximate surface area is 153 Å². The van der Waals surface area contributed by atoms with Crippen molar-refractivity contribution >= 4 is 10.0 Å². The molecule has 6 nitrogen and oxygen atoms in total. The summed E-state index contributed by atoms with van der Waals surface area (Å²) in [5.41, 5.74) is 4.23. The van der Waals surface area contributed by atoms with Crippen LogP contribution in [0.25, 0.3) is 22.4 Å². The molecule has 0 aliphatic heterocycles. The molecule has 0 unspecified atom stereocenters. The van der Waals surface area contributed by atoms with Crippen LogP contribution >= 0.6 is 0 Å². The van der Waals surface area contributed by atoms with E-state index in [-0.39, 0.29) is 11.5 Å². The zero-order valence-corrected chi connectivity index (χ0v) is 15.5. The molecule has 0 fully saturated rings. The van der Waals surface area contributed by atoms with Crippen molar-refractivity contribution in [3.63, 3.8) is 0 Å². The molecule has 7 heteroatoms. The molecule has 0 saturated heterocycles. The number of aliphatic hydroxyl groups is 1. The second-order valence-corrected chi connectivity index (χ2v) is 7.58. The monoisotopic (exact) mass is 371 g/mol. The minimum atomic E-state index is -3.92. The fourth-order valence-corrected chi connectivity index (χ4v) is 3.78. The SMILES string of the molecule is CCn1nc(-c2ccccc2S(N)(=O)=O)c(-c2ccc(C)cc2)c1CO. The number of hydrogen-bond acceptors (Lipinski definition) is 4. The maximum Gasteiger partial charge on any atom is 0.238 e. The molecule has 1 aromatic heterocycles. The van der Waals surface area contributed by atoms with Crippen LogP contribution in [0, 0.1) is 6.92 Å². The number of aliphatic hydroxyl groups excluding tert-OH is 1. The molecule has 0 spiro atoms. The third-order valence-corrected chi connectivity index (χ3v) is 5.26. The van der Waals surface area contributed by atoms with E-state index in [1.807, 2.05) is 38.1 Å². The summed E-state index contributed by atoms with van der Waals surface area (Å²) >= 11 is 0. The van der Waals surface area contributed by atoms with Crippen LogP contribution in [0.1, 0.15) is 18.2 Å². The van der Waals surface area contributed by atoms with E-state index >= 15 is 0 Å². The Morgan fingerprint density at radius 3 is 2.35 bits per heavy atom. The summed E-state index contributed by atoms with van der Waals surface area (Å²) in [5.74, 6) is 0. The molecule has 2 aromatic carbocycles. The van der Waals surface area contributed by atoms with Gasteiger partial charge < -0.3 is 5.11 Å². The second-order valence-electron chi connectivity index (χ2n) is 6.05. The Hall–Kier alpha value is -2.48. The zero-order valence-electron chi connectivity index (χ0n) is 14.7. The molecule has 0 amide bonds. The van der Waals surface area contributed by atoms with Crippen LogP contribution in [0.2, 0.25) is 0 Å². The summed E-state index contributed by atoms with van der Waals surface area (Å²) < 4.78 is 25.8. The predicted molar refractivity (Wildman–Crippen MR) is 101 cm³/mol. The van der Waals surface area contributed by atoms with E-state index in [4.69, 9.17) is 5.14 Å². The minimum absolute atomic E-state index is 0.0126. The van der Waals surface area contributed by atoms with E-state index in [1.54, 1.807) is 22.9 Å². The summed E-state index contributed by atoms with van der Waals surface area (Å²) in [4.78, 5) is 0.0126. The Kier molecular flexibility index (Phi) is 4.95. The van der Waals surface area contributed by atoms with E-state index < -0.39 is 10.0 Å². The molecule has 3 rings (SSSR count). The maximum atomic E-state index is 12.0. The second kappa shape index (κ2) is 7.03. The number of aromatic nitrogens is 2. The van der Waals surface area contributed by atoms with E-state index in [0.717, 1.165) is 11.1 Å². The standard InChI is InChI=1S/C19H21N3O3S/c1-3-22-16(12-23)18(14-10-8-13(2)9-11-14)19(21-22)15-6-4-5-7-17(15)26(20,24)25/h4-11,23H,3,12H2,1-2H3,(H2,20,24,25). The summed E-state index contributed by atoms with van der Waals surface area (Å²) in [5, 5.41) is 19.9. The van der Waals surface area contributed by atoms with Crippen molar-refractivity contribution in [1.82, 2.24) is 9.78 Å². The van der Waals surface area contributed by atoms with E-state index in [1.165, 1.54) is 6.07 Å². The van der Waals surface area contributed by atoms with Crippen molar-refractivity contribution in [3.05, 3.63) is 59.8 Å². The van der Waals surface area contributed by atoms with Gasteiger partial charge in [-0.3, -0.25) is 4.68 Å². The van der Waals surface area contributed by atoms with Gasteiger partial charge in [0.2, 0.25) is 10.0 Å². The third kappa shape index (κ3) is 3.29. The molecule has 0 saturated carbocycles. The Balaban J connectivity index is 2.36. The predicted octanol–water partition coefficient (Wildman–Crippen LogP) is 2.69. The van der Waals surface area contributed by atoms with Crippen LogP contribution in [0.3, 0.4) is 0 Å². The number of sulfonamides is 1. The Morgan fingerprint density at radius 1 is 1.12 bits per heavy atom. The van der Waals surface area contributed by atoms with Crippen LogP contribution in [-0.4, -0.2) is 23.3 Å². The van der Waals surface area contributed by atoms with Crippen molar-refractivity contribution in [3.8, 4) is 22.4 Å². The highest BCUT2D eigenvalue weighted by Crippen LogP contribution is 2.37. The van der Waals surface area contributed by atoms with Crippen LogP contribution in [0.15, 0.2) is 53.4 Å². The number of nitrogens with zero attached hydrogens (tertiary/aromatic N) is 2. The largest absolute Gasteiger partial charge is 0.390 e. The van der Waals surface area contributed by atoms with Gasteiger partial charge in [-0.05, 0) is 25.5 Å². The van der Waals surface area contributed by atoms with Gasteiger partial charge in [0.25, 0.3) is 0 Å². The molecule has 0 bridgehead atoms. The molecule has 0 aliphatic rings. The van der Waals surface area contributed by atoms with Crippen molar-refractivity contribution in [2.45, 2.75) is 31.9 Å². The Morgan fingerprint density at radius 2 is 1.77 bits per heavy atom. The van der Waals surface area contributed by atoms with Gasteiger partial charge in [0.05, 0.1) is 17.2 Å². The third-order valence-electron chi connectivity index (χ3n) is 4.30. The number of benzene rings is 2. The highest BCUT2D eigenvalue weighted by molar-refractivity contribution is 7.89. The molecule has 136 valence electrons. The van der Waals surface area contributed by atoms with Crippen molar-refractivity contribution in [1.29, 1.82) is 0 Å². The lowest BCUT2D eigenvalue weighted by molar-refractivity contribution is 0.269. The highest BCUT2D eigenvalue weighted by atomic mass is 32.2. The van der Waals surface area contributed by atoms with Gasteiger partial charge in [0, 0.05) is 17.7 Å². The first-order valence-electron chi connectivity index (χ1n) is 8.26. The molecule has 3 aromatic rings. The quantitative estimate of drug-likeness (QED) is 0.720. The summed E-state index contributed by atoms with van der Waals surface area (Å²) in [6.07, 6.45) is 0. The lowest BCUT2D eigenvalue weighted by Crippen LogP contribution is -2.13. The fourth-order valence-electron chi connectivity index (χ4n) is 3.04. The summed E-state index contributed by atoms with van der Waals surface area (Å²) in [7, 11) is -3.92. The van der Waals surface area contributed by atoms with Gasteiger partial charge in [-0.2, -0.15) is 5.10 Å². The van der Waals surface area contributed by atoms with Crippen molar-refractivity contribution < 1.29 is 13.5 Å². The first-order valence-corrected chi connectivity index (χ1v) is 9.81. The zero-order chi connectivity index (χ0) is 18.9. The Bertz CT molecular complexity index is 1040. The van der Waals surface area contributed by atoms with Gasteiger partial charge in [-0.15, -0.1) is 0 Å². The first-order chi connectivity index (χ1) is 12.4. The molecule has 1 heterocycles. The highest BCUT2D eigenvalue weighted by Gasteiger charge is 2.24. The van der Waals surface area contributed by atoms with Crippen molar-refractivity contribution in [2.24, 2.45) is 5.14 Å². The number of hydrogen-bond donors (Lipinski definition) is 2. The van der Waals surface area contributed by atoms with Gasteiger partial charge in [-0.1, -0.05) is 48.0 Å². The molecular formula is C19H21N3O3S. The van der Waals surface area contributed by atoms with Crippen LogP contribution in [0.4, 0.5) is 0 Å². The molecular weight excluding hydrogens is 350 g/mol. The van der Waals surface area contributed by atoms with Crippen LogP contribution in [0.5, 0.6) is 0 Å². The molecule has 0 aliphatic carbocycles. The topological polar surface area (TPSA) is 98.2 Å². The number of primary sulfonamides is 1. The number of aryl methyl sites for hydroxylation is 2. The molecule has 0 atom stereocenters. The fraction of sp³-hybridized carbons (Fsp3) is 0.211. The van der Waals surface area contributed by atoms with Crippen molar-refractivity contribution in [2.75, 3.05) is 0 Å². The smallest absolute Gasteiger partial charge is 0.238 e. The minimum Gasteiger partial charge on any atom is -0.390 e. The normalized spacial score (nSPS) is 11.7. The number of rotatable bonds is 5. The lowest BCUT2D eigenvalue weighted by Gasteiger charge is -2.09. The first kappa shape index (κ1) is 18.3. The summed E-state index contributed by atoms with van der Waals surface area (Å²) in [6.45, 7) is 4.25. The average molecular weight is 371 g/mol. The maximum absolute atomic E-state index is 12.0. The molecule has 3 N–H and O–H groups in total. The van der Waals surface area contributed by atoms with E-state index in [2.05, 4.69) is 5.10 Å². The van der Waals surface area contributed by atoms with Gasteiger partial charge in [-0.25, -0.2) is 13.6 Å². The molecule has 26 heavy (non-hydrogen) atoms. The van der Waals surface area contributed by atoms with Crippen LogP contribution in [-0.2, 0) is 23.2 Å². The van der Waals surface area contributed by atoms with E-state index in [0.29, 0.717) is 29.1 Å². The van der Waals surface area contributed by atoms with E-state index in [9.17, 15) is 13.5 Å². The average Bonchev–Trinajstić information content (AvgIpc) is 3.00. The number of nitrogens with two attached hydrogens (primary N) is 1. The van der Waals surface area contributed by atoms with Gasteiger partial charge in [0.1, 0.15) is 5.69 Å². The summed E-state index contributed by atoms with van der Waals surface area (Å²) in [6, 6.07) is 14.3. The lowest BCUT2D eigenvalue weighted by atomic mass is 9.98. The van der Waals surface area contributed by atoms with Gasteiger partial charge in [0.15, 0.2) is 0 Å². The van der Waals surface area contributed by atoms with Crippen LogP contribution < -0.4 is 5.14 Å².